The summed E-state index contributed by atoms with van der Waals surface area (Å²) >= 11 is 5.69. The molecule has 2 aromatic rings. The van der Waals surface area contributed by atoms with Gasteiger partial charge in [-0.25, -0.2) is 0 Å². The van der Waals surface area contributed by atoms with Gasteiger partial charge in [0, 0.05) is 6.07 Å². The van der Waals surface area contributed by atoms with Crippen molar-refractivity contribution >= 4 is 17.4 Å². The SMILES string of the molecule is O=C(COc1ccccc1)c1cc(Cl)c(O)cc1O. The summed E-state index contributed by atoms with van der Waals surface area (Å²) in [5, 5.41) is 18.9. The number of para-hydroxylation sites is 1. The molecule has 0 saturated heterocycles. The number of Topliss-reactive ketones (excluding diaryl/α,β-unsaturated/α-hetero) is 1. The van der Waals surface area contributed by atoms with Crippen LogP contribution in [0.25, 0.3) is 0 Å². The minimum Gasteiger partial charge on any atom is -0.507 e. The van der Waals surface area contributed by atoms with Crippen LogP contribution in [0.15, 0.2) is 42.5 Å². The van der Waals surface area contributed by atoms with Crippen molar-refractivity contribution in [3.05, 3.63) is 53.1 Å². The molecule has 2 N–H and O–H groups in total. The molecular weight excluding hydrogens is 268 g/mol. The second kappa shape index (κ2) is 5.63. The van der Waals surface area contributed by atoms with Crippen molar-refractivity contribution in [1.29, 1.82) is 0 Å². The molecule has 98 valence electrons. The van der Waals surface area contributed by atoms with Gasteiger partial charge in [0.15, 0.2) is 6.61 Å². The van der Waals surface area contributed by atoms with Crippen LogP contribution in [-0.2, 0) is 0 Å². The fourth-order valence-electron chi connectivity index (χ4n) is 1.52. The Morgan fingerprint density at radius 1 is 1.11 bits per heavy atom. The highest BCUT2D eigenvalue weighted by atomic mass is 35.5. The first-order chi connectivity index (χ1) is 9.08. The van der Waals surface area contributed by atoms with Gasteiger partial charge in [-0.3, -0.25) is 4.79 Å². The molecule has 2 rings (SSSR count). The third-order valence-corrected chi connectivity index (χ3v) is 2.78. The summed E-state index contributed by atoms with van der Waals surface area (Å²) < 4.78 is 5.28. The number of phenols is 2. The number of phenolic OH excluding ortho intramolecular Hbond substituents is 2. The molecule has 5 heteroatoms. The minimum atomic E-state index is -0.428. The normalized spacial score (nSPS) is 10.2. The first-order valence-corrected chi connectivity index (χ1v) is 5.88. The van der Waals surface area contributed by atoms with Crippen molar-refractivity contribution in [3.8, 4) is 17.2 Å². The molecule has 19 heavy (non-hydrogen) atoms. The number of carbonyl (C=O) groups excluding carboxylic acids is 1. The van der Waals surface area contributed by atoms with E-state index in [9.17, 15) is 15.0 Å². The Bertz CT molecular complexity index is 596. The molecule has 0 radical (unpaired) electrons. The molecule has 0 spiro atoms. The summed E-state index contributed by atoms with van der Waals surface area (Å²) in [4.78, 5) is 11.9. The Kier molecular flexibility index (Phi) is 3.92. The van der Waals surface area contributed by atoms with Gasteiger partial charge in [0.25, 0.3) is 0 Å². The molecule has 0 bridgehead atoms. The van der Waals surface area contributed by atoms with Gasteiger partial charge >= 0.3 is 0 Å². The molecule has 0 aliphatic heterocycles. The topological polar surface area (TPSA) is 66.8 Å². The highest BCUT2D eigenvalue weighted by molar-refractivity contribution is 6.32. The van der Waals surface area contributed by atoms with E-state index in [0.717, 1.165) is 6.07 Å². The maximum atomic E-state index is 11.9. The lowest BCUT2D eigenvalue weighted by Crippen LogP contribution is -2.11. The van der Waals surface area contributed by atoms with Crippen LogP contribution in [0.1, 0.15) is 10.4 Å². The molecule has 2 aromatic carbocycles. The van der Waals surface area contributed by atoms with Gasteiger partial charge < -0.3 is 14.9 Å². The molecule has 0 unspecified atom stereocenters. The molecule has 0 heterocycles. The van der Waals surface area contributed by atoms with E-state index in [1.54, 1.807) is 24.3 Å². The number of hydrogen-bond donors (Lipinski definition) is 2. The van der Waals surface area contributed by atoms with Gasteiger partial charge in [-0.05, 0) is 18.2 Å². The van der Waals surface area contributed by atoms with Crippen LogP contribution in [0, 0.1) is 0 Å². The highest BCUT2D eigenvalue weighted by Crippen LogP contribution is 2.31. The Hall–Kier alpha value is -2.20. The molecular formula is C14H11ClO4. The quantitative estimate of drug-likeness (QED) is 0.844. The molecule has 0 aromatic heterocycles. The van der Waals surface area contributed by atoms with Crippen LogP contribution in [0.5, 0.6) is 17.2 Å². The Balaban J connectivity index is 2.10. The van der Waals surface area contributed by atoms with Crippen LogP contribution in [0.2, 0.25) is 5.02 Å². The van der Waals surface area contributed by atoms with Crippen molar-refractivity contribution in [3.63, 3.8) is 0 Å². The molecule has 0 atom stereocenters. The van der Waals surface area contributed by atoms with Crippen LogP contribution < -0.4 is 4.74 Å². The van der Waals surface area contributed by atoms with E-state index >= 15 is 0 Å². The first-order valence-electron chi connectivity index (χ1n) is 5.50. The summed E-state index contributed by atoms with van der Waals surface area (Å²) in [5.41, 5.74) is 0.0127. The smallest absolute Gasteiger partial charge is 0.203 e. The van der Waals surface area contributed by atoms with E-state index in [1.807, 2.05) is 6.07 Å². The Morgan fingerprint density at radius 2 is 1.79 bits per heavy atom. The zero-order valence-electron chi connectivity index (χ0n) is 9.84. The average molecular weight is 279 g/mol. The minimum absolute atomic E-state index is 0.000797. The van der Waals surface area contributed by atoms with Gasteiger partial charge in [0.05, 0.1) is 10.6 Å². The van der Waals surface area contributed by atoms with Crippen LogP contribution in [-0.4, -0.2) is 22.6 Å². The predicted octanol–water partition coefficient (Wildman–Crippen LogP) is 3.01. The number of ketones is 1. The maximum absolute atomic E-state index is 11.9. The average Bonchev–Trinajstić information content (AvgIpc) is 2.41. The zero-order valence-corrected chi connectivity index (χ0v) is 10.6. The number of ether oxygens (including phenoxy) is 1. The molecule has 0 saturated carbocycles. The zero-order chi connectivity index (χ0) is 13.8. The summed E-state index contributed by atoms with van der Waals surface area (Å²) in [5.74, 6) is -0.480. The monoisotopic (exact) mass is 278 g/mol. The van der Waals surface area contributed by atoms with E-state index in [2.05, 4.69) is 0 Å². The van der Waals surface area contributed by atoms with Crippen molar-refractivity contribution < 1.29 is 19.7 Å². The molecule has 0 fully saturated rings. The van der Waals surface area contributed by atoms with E-state index in [4.69, 9.17) is 16.3 Å². The number of rotatable bonds is 4. The van der Waals surface area contributed by atoms with Crippen LogP contribution in [0.3, 0.4) is 0 Å². The maximum Gasteiger partial charge on any atom is 0.203 e. The number of hydrogen-bond acceptors (Lipinski definition) is 4. The Labute approximate surface area is 114 Å². The van der Waals surface area contributed by atoms with E-state index in [1.165, 1.54) is 6.07 Å². The summed E-state index contributed by atoms with van der Waals surface area (Å²) in [7, 11) is 0. The summed E-state index contributed by atoms with van der Waals surface area (Å²) in [6, 6.07) is 11.1. The number of benzene rings is 2. The van der Waals surface area contributed by atoms with Crippen molar-refractivity contribution in [2.45, 2.75) is 0 Å². The molecule has 0 aliphatic rings. The predicted molar refractivity (Wildman–Crippen MR) is 71.0 cm³/mol. The van der Waals surface area contributed by atoms with Crippen molar-refractivity contribution in [1.82, 2.24) is 0 Å². The second-order valence-electron chi connectivity index (χ2n) is 3.85. The first kappa shape index (κ1) is 13.2. The van der Waals surface area contributed by atoms with Gasteiger partial charge in [-0.2, -0.15) is 0 Å². The molecule has 0 amide bonds. The lowest BCUT2D eigenvalue weighted by atomic mass is 10.1. The standard InChI is InChI=1S/C14H11ClO4/c15-11-6-10(12(16)7-13(11)17)14(18)8-19-9-4-2-1-3-5-9/h1-7,16-17H,8H2. The van der Waals surface area contributed by atoms with Crippen LogP contribution >= 0.6 is 11.6 Å². The highest BCUT2D eigenvalue weighted by Gasteiger charge is 2.15. The fourth-order valence-corrected chi connectivity index (χ4v) is 1.68. The van der Waals surface area contributed by atoms with Gasteiger partial charge in [0.1, 0.15) is 17.2 Å². The molecule has 4 nitrogen and oxygen atoms in total. The largest absolute Gasteiger partial charge is 0.507 e. The van der Waals surface area contributed by atoms with Gasteiger partial charge in [-0.1, -0.05) is 29.8 Å². The third-order valence-electron chi connectivity index (χ3n) is 2.48. The number of carbonyl (C=O) groups is 1. The summed E-state index contributed by atoms with van der Waals surface area (Å²) in [6.07, 6.45) is 0. The fraction of sp³-hybridized carbons (Fsp3) is 0.0714. The lowest BCUT2D eigenvalue weighted by Gasteiger charge is -2.07. The van der Waals surface area contributed by atoms with Crippen LogP contribution in [0.4, 0.5) is 0 Å². The van der Waals surface area contributed by atoms with E-state index in [0.29, 0.717) is 5.75 Å². The van der Waals surface area contributed by atoms with Crippen molar-refractivity contribution in [2.24, 2.45) is 0 Å². The van der Waals surface area contributed by atoms with Crippen molar-refractivity contribution in [2.75, 3.05) is 6.61 Å². The van der Waals surface area contributed by atoms with Gasteiger partial charge in [0.2, 0.25) is 5.78 Å². The van der Waals surface area contributed by atoms with E-state index in [-0.39, 0.29) is 28.7 Å². The number of aromatic hydroxyl groups is 2. The summed E-state index contributed by atoms with van der Waals surface area (Å²) in [6.45, 7) is -0.224. The van der Waals surface area contributed by atoms with E-state index < -0.39 is 5.78 Å². The number of halogens is 1. The Morgan fingerprint density at radius 3 is 2.47 bits per heavy atom. The molecule has 0 aliphatic carbocycles. The second-order valence-corrected chi connectivity index (χ2v) is 4.25. The third kappa shape index (κ3) is 3.17. The van der Waals surface area contributed by atoms with Gasteiger partial charge in [-0.15, -0.1) is 0 Å². The lowest BCUT2D eigenvalue weighted by molar-refractivity contribution is 0.0919.